The van der Waals surface area contributed by atoms with Gasteiger partial charge < -0.3 is 5.11 Å². The van der Waals surface area contributed by atoms with Crippen LogP contribution in [0.1, 0.15) is 10.4 Å². The predicted octanol–water partition coefficient (Wildman–Crippen LogP) is 0.489. The van der Waals surface area contributed by atoms with Crippen LogP contribution in [0.5, 0.6) is 0 Å². The number of rotatable bonds is 1. The standard InChI is InChI=1S/C7H6O2.CH3O.Na/c8-7(9)6-4-2-1-3-5-6;1-2;/h1-5H,(H,8,9);2H,1H2;. The Labute approximate surface area is 88.5 Å². The number of hydrogen-bond acceptors (Lipinski definition) is 2. The average molecular weight is 176 g/mol. The summed E-state index contributed by atoms with van der Waals surface area (Å²) in [5.41, 5.74) is 0.331. The summed E-state index contributed by atoms with van der Waals surface area (Å²) in [7, 11) is 0. The fourth-order valence-corrected chi connectivity index (χ4v) is 0.581. The number of carboxylic acids is 1. The summed E-state index contributed by atoms with van der Waals surface area (Å²) >= 11 is 0.924. The Balaban J connectivity index is 0.000000354. The van der Waals surface area contributed by atoms with Gasteiger partial charge in [-0.1, -0.05) is 18.2 Å². The van der Waals surface area contributed by atoms with E-state index in [2.05, 4.69) is 0 Å². The maximum absolute atomic E-state index is 10.2. The molecule has 0 aromatic heterocycles. The van der Waals surface area contributed by atoms with Gasteiger partial charge in [0.05, 0.1) is 5.56 Å². The van der Waals surface area contributed by atoms with Gasteiger partial charge in [-0.2, -0.15) is 0 Å². The van der Waals surface area contributed by atoms with Crippen molar-refractivity contribution in [1.29, 1.82) is 0 Å². The van der Waals surface area contributed by atoms with E-state index in [0.717, 1.165) is 27.9 Å². The van der Waals surface area contributed by atoms with Crippen molar-refractivity contribution in [3.63, 3.8) is 0 Å². The molecule has 1 aromatic rings. The van der Waals surface area contributed by atoms with Gasteiger partial charge in [-0.05, 0) is 12.1 Å². The first-order valence-electron chi connectivity index (χ1n) is 3.61. The summed E-state index contributed by atoms with van der Waals surface area (Å²) in [5, 5.41) is 16.0. The Kier molecular flexibility index (Phi) is 7.09. The van der Waals surface area contributed by atoms with Crippen LogP contribution < -0.4 is 0 Å². The molecule has 4 heteroatoms. The fraction of sp³-hybridized carbons (Fsp3) is 0.125. The van der Waals surface area contributed by atoms with Crippen LogP contribution in [0.3, 0.4) is 0 Å². The van der Waals surface area contributed by atoms with Crippen molar-refractivity contribution in [2.75, 3.05) is 3.86 Å². The van der Waals surface area contributed by atoms with Gasteiger partial charge >= 0.3 is 42.9 Å². The fourth-order valence-electron chi connectivity index (χ4n) is 0.581. The van der Waals surface area contributed by atoms with Crippen molar-refractivity contribution in [1.82, 2.24) is 0 Å². The molecule has 0 saturated carbocycles. The second kappa shape index (κ2) is 7.31. The Morgan fingerprint density at radius 2 is 1.75 bits per heavy atom. The quantitative estimate of drug-likeness (QED) is 0.612. The number of aliphatic hydroxyl groups is 1. The number of aromatic carboxylic acids is 1. The van der Waals surface area contributed by atoms with E-state index in [-0.39, 0.29) is 0 Å². The van der Waals surface area contributed by atoms with Gasteiger partial charge in [0.15, 0.2) is 0 Å². The first kappa shape index (κ1) is 11.6. The topological polar surface area (TPSA) is 57.5 Å². The van der Waals surface area contributed by atoms with Crippen LogP contribution in [0, 0.1) is 0 Å². The molecule has 1 rings (SSSR count). The molecule has 0 aliphatic carbocycles. The average Bonchev–Trinajstić information content (AvgIpc) is 2.07. The van der Waals surface area contributed by atoms with Crippen molar-refractivity contribution in [2.24, 2.45) is 0 Å². The maximum atomic E-state index is 10.2. The van der Waals surface area contributed by atoms with Crippen molar-refractivity contribution >= 4 is 33.9 Å². The predicted molar refractivity (Wildman–Crippen MR) is 46.2 cm³/mol. The van der Waals surface area contributed by atoms with Gasteiger partial charge in [-0.15, -0.1) is 0 Å². The van der Waals surface area contributed by atoms with Crippen LogP contribution in [0.25, 0.3) is 0 Å². The molecular weight excluding hydrogens is 167 g/mol. The zero-order chi connectivity index (χ0) is 9.40. The van der Waals surface area contributed by atoms with Gasteiger partial charge in [0.2, 0.25) is 0 Å². The molecule has 1 aromatic carbocycles. The monoisotopic (exact) mass is 176 g/mol. The normalized spacial score (nSPS) is 8.25. The van der Waals surface area contributed by atoms with E-state index >= 15 is 0 Å². The van der Waals surface area contributed by atoms with E-state index in [4.69, 9.17) is 10.2 Å². The van der Waals surface area contributed by atoms with E-state index < -0.39 is 5.97 Å². The molecule has 0 radical (unpaired) electrons. The van der Waals surface area contributed by atoms with E-state index in [9.17, 15) is 4.79 Å². The molecule has 3 nitrogen and oxygen atoms in total. The number of aliphatic hydroxyl groups excluding tert-OH is 1. The third kappa shape index (κ3) is 5.32. The molecule has 0 aliphatic heterocycles. The number of benzene rings is 1. The molecule has 0 unspecified atom stereocenters. The summed E-state index contributed by atoms with van der Waals surface area (Å²) < 4.78 is 0.389. The van der Waals surface area contributed by atoms with Crippen LogP contribution in [-0.4, -0.2) is 48.0 Å². The van der Waals surface area contributed by atoms with Gasteiger partial charge in [-0.25, -0.2) is 4.79 Å². The Bertz CT molecular complexity index is 223. The Morgan fingerprint density at radius 3 is 2.00 bits per heavy atom. The van der Waals surface area contributed by atoms with Gasteiger partial charge in [0.1, 0.15) is 0 Å². The second-order valence-electron chi connectivity index (χ2n) is 1.99. The van der Waals surface area contributed by atoms with Gasteiger partial charge in [0, 0.05) is 0 Å². The molecule has 0 atom stereocenters. The number of carbonyl (C=O) groups is 1. The molecule has 0 aliphatic rings. The molecule has 0 bridgehead atoms. The van der Waals surface area contributed by atoms with E-state index in [0.29, 0.717) is 9.42 Å². The Morgan fingerprint density at radius 1 is 1.33 bits per heavy atom. The number of hydrogen-bond donors (Lipinski definition) is 2. The van der Waals surface area contributed by atoms with Crippen molar-refractivity contribution in [2.45, 2.75) is 0 Å². The van der Waals surface area contributed by atoms with E-state index in [1.54, 1.807) is 30.3 Å². The molecule has 0 heterocycles. The van der Waals surface area contributed by atoms with Crippen LogP contribution in [0.2, 0.25) is 0 Å². The molecule has 60 valence electrons. The molecule has 0 fully saturated rings. The molecule has 2 N–H and O–H groups in total. The third-order valence-electron chi connectivity index (χ3n) is 1.02. The van der Waals surface area contributed by atoms with Gasteiger partial charge in [-0.3, -0.25) is 0 Å². The summed E-state index contributed by atoms with van der Waals surface area (Å²) in [6.45, 7) is 0. The first-order valence-corrected chi connectivity index (χ1v) is 5.03. The minimum atomic E-state index is -0.879. The third-order valence-corrected chi connectivity index (χ3v) is 1.02. The molecule has 0 spiro atoms. The van der Waals surface area contributed by atoms with E-state index in [1.807, 2.05) is 0 Å². The summed E-state index contributed by atoms with van der Waals surface area (Å²) in [6, 6.07) is 8.30. The molecule has 0 amide bonds. The molecule has 12 heavy (non-hydrogen) atoms. The van der Waals surface area contributed by atoms with Crippen LogP contribution >= 0.6 is 0 Å². The van der Waals surface area contributed by atoms with Crippen LogP contribution in [-0.2, 0) is 0 Å². The first-order chi connectivity index (χ1) is 5.72. The van der Waals surface area contributed by atoms with Crippen molar-refractivity contribution in [3.8, 4) is 0 Å². The van der Waals surface area contributed by atoms with E-state index in [1.165, 1.54) is 0 Å². The minimum absolute atomic E-state index is 0.331. The zero-order valence-corrected chi connectivity index (χ0v) is 8.90. The van der Waals surface area contributed by atoms with Crippen LogP contribution in [0.4, 0.5) is 0 Å². The van der Waals surface area contributed by atoms with Crippen molar-refractivity contribution < 1.29 is 15.0 Å². The second-order valence-corrected chi connectivity index (χ2v) is 2.62. The van der Waals surface area contributed by atoms with Gasteiger partial charge in [0.25, 0.3) is 0 Å². The van der Waals surface area contributed by atoms with Crippen molar-refractivity contribution in [3.05, 3.63) is 35.9 Å². The zero-order valence-electron chi connectivity index (χ0n) is 6.90. The SMILES string of the molecule is O=C(O)c1ccccc1.O[CH2][Na]. The molecule has 0 saturated heterocycles. The summed E-state index contributed by atoms with van der Waals surface area (Å²) in [4.78, 5) is 10.2. The van der Waals surface area contributed by atoms with Crippen LogP contribution in [0.15, 0.2) is 30.3 Å². The number of carboxylic acid groups (broad SMARTS) is 1. The molecular formula is C8H9NaO3. The Hall–Kier alpha value is -0.350. The summed E-state index contributed by atoms with van der Waals surface area (Å²) in [5.74, 6) is -0.879. The summed E-state index contributed by atoms with van der Waals surface area (Å²) in [6.07, 6.45) is 0.